The lowest BCUT2D eigenvalue weighted by molar-refractivity contribution is -0.137. The van der Waals surface area contributed by atoms with E-state index in [0.717, 1.165) is 23.3 Å². The van der Waals surface area contributed by atoms with Crippen LogP contribution in [-0.2, 0) is 17.3 Å². The molecule has 1 unspecified atom stereocenters. The van der Waals surface area contributed by atoms with Gasteiger partial charge >= 0.3 is 12.1 Å². The number of carbonyl (C=O) groups excluding carboxylic acids is 1. The van der Waals surface area contributed by atoms with Crippen LogP contribution in [-0.4, -0.2) is 13.1 Å². The molecule has 3 nitrogen and oxygen atoms in total. The van der Waals surface area contributed by atoms with E-state index in [1.165, 1.54) is 19.2 Å². The van der Waals surface area contributed by atoms with Crippen LogP contribution in [0.25, 0.3) is 0 Å². The highest BCUT2D eigenvalue weighted by molar-refractivity contribution is 5.97. The summed E-state index contributed by atoms with van der Waals surface area (Å²) in [5.41, 5.74) is 2.12. The highest BCUT2D eigenvalue weighted by Crippen LogP contribution is 2.37. The topological polar surface area (TPSA) is 38.3 Å². The molecule has 1 N–H and O–H groups in total. The number of hydrogen-bond acceptors (Lipinski definition) is 3. The van der Waals surface area contributed by atoms with Gasteiger partial charge < -0.3 is 10.1 Å². The van der Waals surface area contributed by atoms with Gasteiger partial charge in [0, 0.05) is 0 Å². The number of rotatable bonds is 2. The van der Waals surface area contributed by atoms with Gasteiger partial charge in [-0.2, -0.15) is 13.2 Å². The summed E-state index contributed by atoms with van der Waals surface area (Å²) in [7, 11) is 1.31. The average molecular weight is 321 g/mol. The van der Waals surface area contributed by atoms with Gasteiger partial charge in [-0.1, -0.05) is 24.3 Å². The molecule has 1 atom stereocenters. The maximum atomic E-state index is 12.6. The molecule has 2 aromatic carbocycles. The summed E-state index contributed by atoms with van der Waals surface area (Å²) in [6, 6.07) is 10.2. The summed E-state index contributed by atoms with van der Waals surface area (Å²) < 4.78 is 42.6. The molecule has 0 fully saturated rings. The van der Waals surface area contributed by atoms with E-state index in [0.29, 0.717) is 17.7 Å². The second-order valence-corrected chi connectivity index (χ2v) is 5.35. The van der Waals surface area contributed by atoms with Gasteiger partial charge in [-0.15, -0.1) is 0 Å². The van der Waals surface area contributed by atoms with Gasteiger partial charge in [-0.3, -0.25) is 0 Å². The number of nitrogens with one attached hydrogen (secondary N) is 1. The fourth-order valence-corrected chi connectivity index (χ4v) is 2.77. The Hall–Kier alpha value is -2.50. The highest BCUT2D eigenvalue weighted by atomic mass is 19.4. The Morgan fingerprint density at radius 1 is 1.17 bits per heavy atom. The van der Waals surface area contributed by atoms with E-state index in [2.05, 4.69) is 5.32 Å². The first kappa shape index (κ1) is 15.4. The van der Waals surface area contributed by atoms with Gasteiger partial charge in [0.25, 0.3) is 0 Å². The Morgan fingerprint density at radius 2 is 1.87 bits per heavy atom. The number of anilines is 1. The first-order valence-electron chi connectivity index (χ1n) is 7.04. The Morgan fingerprint density at radius 3 is 2.48 bits per heavy atom. The van der Waals surface area contributed by atoms with Crippen LogP contribution in [0, 0.1) is 0 Å². The molecular weight excluding hydrogens is 307 g/mol. The molecule has 0 amide bonds. The molecule has 0 saturated heterocycles. The number of ether oxygens (including phenoxy) is 1. The fourth-order valence-electron chi connectivity index (χ4n) is 2.77. The minimum Gasteiger partial charge on any atom is -0.465 e. The number of esters is 1. The molecule has 1 aliphatic heterocycles. The van der Waals surface area contributed by atoms with Crippen molar-refractivity contribution in [2.75, 3.05) is 12.4 Å². The smallest absolute Gasteiger partial charge is 0.416 e. The quantitative estimate of drug-likeness (QED) is 0.843. The third-order valence-electron chi connectivity index (χ3n) is 3.94. The van der Waals surface area contributed by atoms with Gasteiger partial charge in [-0.05, 0) is 35.7 Å². The fraction of sp³-hybridized carbons (Fsp3) is 0.235. The van der Waals surface area contributed by atoms with E-state index in [1.807, 2.05) is 6.07 Å². The summed E-state index contributed by atoms with van der Waals surface area (Å²) in [5, 5.41) is 3.21. The zero-order valence-corrected chi connectivity index (χ0v) is 12.3. The predicted molar refractivity (Wildman–Crippen MR) is 79.3 cm³/mol. The molecule has 1 heterocycles. The molecule has 1 aliphatic rings. The van der Waals surface area contributed by atoms with Crippen molar-refractivity contribution in [3.05, 3.63) is 64.7 Å². The molecular formula is C17H14F3NO2. The molecule has 6 heteroatoms. The van der Waals surface area contributed by atoms with Crippen molar-refractivity contribution < 1.29 is 22.7 Å². The lowest BCUT2D eigenvalue weighted by Crippen LogP contribution is -2.10. The van der Waals surface area contributed by atoms with Crippen molar-refractivity contribution in [1.82, 2.24) is 0 Å². The Kier molecular flexibility index (Phi) is 3.75. The van der Waals surface area contributed by atoms with Crippen LogP contribution in [0.2, 0.25) is 0 Å². The number of para-hydroxylation sites is 1. The van der Waals surface area contributed by atoms with E-state index in [4.69, 9.17) is 4.74 Å². The standard InChI is InChI=1S/C17H14F3NO2/c1-23-16(22)13-4-2-3-11-9-14(21-15(11)13)10-5-7-12(8-6-10)17(18,19)20/h2-8,14,21H,9H2,1H3. The first-order valence-corrected chi connectivity index (χ1v) is 7.04. The van der Waals surface area contributed by atoms with Crippen molar-refractivity contribution >= 4 is 11.7 Å². The van der Waals surface area contributed by atoms with E-state index in [1.54, 1.807) is 12.1 Å². The third-order valence-corrected chi connectivity index (χ3v) is 3.94. The zero-order chi connectivity index (χ0) is 16.6. The number of alkyl halides is 3. The van der Waals surface area contributed by atoms with E-state index < -0.39 is 17.7 Å². The van der Waals surface area contributed by atoms with Crippen molar-refractivity contribution in [1.29, 1.82) is 0 Å². The van der Waals surface area contributed by atoms with Crippen LogP contribution in [0.3, 0.4) is 0 Å². The molecule has 0 aliphatic carbocycles. The Bertz CT molecular complexity index is 738. The van der Waals surface area contributed by atoms with Crippen molar-refractivity contribution in [2.45, 2.75) is 18.6 Å². The van der Waals surface area contributed by atoms with Gasteiger partial charge in [-0.25, -0.2) is 4.79 Å². The van der Waals surface area contributed by atoms with Gasteiger partial charge in [0.05, 0.1) is 30.0 Å². The van der Waals surface area contributed by atoms with Gasteiger partial charge in [0.15, 0.2) is 0 Å². The maximum Gasteiger partial charge on any atom is 0.416 e. The van der Waals surface area contributed by atoms with Crippen LogP contribution < -0.4 is 5.32 Å². The number of carbonyl (C=O) groups is 1. The molecule has 0 saturated carbocycles. The van der Waals surface area contributed by atoms with Crippen LogP contribution in [0.15, 0.2) is 42.5 Å². The summed E-state index contributed by atoms with van der Waals surface area (Å²) in [4.78, 5) is 11.8. The minimum atomic E-state index is -4.34. The molecule has 3 rings (SSSR count). The normalized spacial score (nSPS) is 16.6. The Labute approximate surface area is 131 Å². The minimum absolute atomic E-state index is 0.168. The third kappa shape index (κ3) is 2.88. The number of hydrogen-bond donors (Lipinski definition) is 1. The van der Waals surface area contributed by atoms with E-state index in [-0.39, 0.29) is 6.04 Å². The monoisotopic (exact) mass is 321 g/mol. The summed E-state index contributed by atoms with van der Waals surface area (Å²) in [6.07, 6.45) is -3.74. The highest BCUT2D eigenvalue weighted by Gasteiger charge is 2.31. The number of fused-ring (bicyclic) bond motifs is 1. The van der Waals surface area contributed by atoms with E-state index in [9.17, 15) is 18.0 Å². The van der Waals surface area contributed by atoms with Crippen LogP contribution in [0.5, 0.6) is 0 Å². The van der Waals surface area contributed by atoms with Crippen LogP contribution in [0.1, 0.15) is 33.1 Å². The number of methoxy groups -OCH3 is 1. The summed E-state index contributed by atoms with van der Waals surface area (Å²) in [6.45, 7) is 0. The summed E-state index contributed by atoms with van der Waals surface area (Å²) in [5.74, 6) is -0.442. The molecule has 23 heavy (non-hydrogen) atoms. The second-order valence-electron chi connectivity index (χ2n) is 5.35. The van der Waals surface area contributed by atoms with Crippen LogP contribution in [0.4, 0.5) is 18.9 Å². The molecule has 2 aromatic rings. The molecule has 0 radical (unpaired) electrons. The SMILES string of the molecule is COC(=O)c1cccc2c1NC(c1ccc(C(F)(F)F)cc1)C2. The molecule has 0 aromatic heterocycles. The van der Waals surface area contributed by atoms with Crippen LogP contribution >= 0.6 is 0 Å². The molecule has 0 spiro atoms. The summed E-state index contributed by atoms with van der Waals surface area (Å²) >= 11 is 0. The first-order chi connectivity index (χ1) is 10.9. The number of benzene rings is 2. The zero-order valence-electron chi connectivity index (χ0n) is 12.3. The maximum absolute atomic E-state index is 12.6. The van der Waals surface area contributed by atoms with Gasteiger partial charge in [0.2, 0.25) is 0 Å². The second kappa shape index (κ2) is 5.61. The Balaban J connectivity index is 1.86. The predicted octanol–water partition coefficient (Wildman–Crippen LogP) is 4.20. The molecule has 0 bridgehead atoms. The van der Waals surface area contributed by atoms with Gasteiger partial charge in [0.1, 0.15) is 0 Å². The van der Waals surface area contributed by atoms with Crippen molar-refractivity contribution in [3.63, 3.8) is 0 Å². The largest absolute Gasteiger partial charge is 0.465 e. The number of halogens is 3. The lowest BCUT2D eigenvalue weighted by atomic mass is 10.0. The lowest BCUT2D eigenvalue weighted by Gasteiger charge is -2.14. The van der Waals surface area contributed by atoms with Crippen molar-refractivity contribution in [2.24, 2.45) is 0 Å². The average Bonchev–Trinajstić information content (AvgIpc) is 2.97. The molecule has 120 valence electrons. The van der Waals surface area contributed by atoms with E-state index >= 15 is 0 Å². The van der Waals surface area contributed by atoms with Crippen molar-refractivity contribution in [3.8, 4) is 0 Å².